The van der Waals surface area contributed by atoms with E-state index in [4.69, 9.17) is 0 Å². The summed E-state index contributed by atoms with van der Waals surface area (Å²) in [6.07, 6.45) is 0. The number of nitrogens with zero attached hydrogens (tertiary/aromatic N) is 2. The normalized spacial score (nSPS) is 10.2. The topological polar surface area (TPSA) is 68.1 Å². The predicted molar refractivity (Wildman–Crippen MR) is 75.3 cm³/mol. The van der Waals surface area contributed by atoms with Crippen LogP contribution in [-0.2, 0) is 6.54 Å². The Balaban J connectivity index is 2.17. The first kappa shape index (κ1) is 12.2. The van der Waals surface area contributed by atoms with Crippen molar-refractivity contribution in [2.75, 3.05) is 5.32 Å². The van der Waals surface area contributed by atoms with E-state index in [1.54, 1.807) is 17.6 Å². The van der Waals surface area contributed by atoms with E-state index in [2.05, 4.69) is 32.9 Å². The van der Waals surface area contributed by atoms with Crippen molar-refractivity contribution < 1.29 is 4.92 Å². The van der Waals surface area contributed by atoms with Crippen LogP contribution in [0, 0.1) is 13.7 Å². The monoisotopic (exact) mass is 361 g/mol. The zero-order valence-corrected chi connectivity index (χ0v) is 11.6. The molecule has 2 aromatic rings. The summed E-state index contributed by atoms with van der Waals surface area (Å²) in [5, 5.41) is 15.8. The van der Waals surface area contributed by atoms with Gasteiger partial charge in [0.25, 0.3) is 5.69 Å². The Morgan fingerprint density at radius 2 is 2.35 bits per heavy atom. The summed E-state index contributed by atoms with van der Waals surface area (Å²) in [7, 11) is 0. The lowest BCUT2D eigenvalue weighted by Crippen LogP contribution is -2.03. The van der Waals surface area contributed by atoms with Crippen molar-refractivity contribution in [1.29, 1.82) is 0 Å². The molecule has 1 aromatic heterocycles. The van der Waals surface area contributed by atoms with Crippen LogP contribution >= 0.6 is 33.9 Å². The molecule has 1 N–H and O–H groups in total. The zero-order chi connectivity index (χ0) is 12.3. The third-order valence-electron chi connectivity index (χ3n) is 2.10. The molecule has 0 fully saturated rings. The summed E-state index contributed by atoms with van der Waals surface area (Å²) in [6.45, 7) is 0.491. The first-order chi connectivity index (χ1) is 8.16. The number of halogens is 1. The van der Waals surface area contributed by atoms with Crippen LogP contribution in [0.2, 0.25) is 0 Å². The number of hydrogen-bond donors (Lipinski definition) is 1. The van der Waals surface area contributed by atoms with E-state index in [1.165, 1.54) is 11.3 Å². The van der Waals surface area contributed by atoms with E-state index < -0.39 is 0 Å². The van der Waals surface area contributed by atoms with Crippen molar-refractivity contribution in [3.8, 4) is 0 Å². The second-order valence-corrected chi connectivity index (χ2v) is 5.22. The van der Waals surface area contributed by atoms with E-state index >= 15 is 0 Å². The average Bonchev–Trinajstić information content (AvgIpc) is 2.80. The van der Waals surface area contributed by atoms with Crippen LogP contribution in [0.25, 0.3) is 0 Å². The molecule has 0 saturated carbocycles. The largest absolute Gasteiger partial charge is 0.374 e. The van der Waals surface area contributed by atoms with Crippen LogP contribution in [0.5, 0.6) is 0 Å². The third kappa shape index (κ3) is 3.13. The molecular formula is C10H8IN3O2S. The Labute approximate surface area is 115 Å². The Morgan fingerprint density at radius 3 is 3.00 bits per heavy atom. The van der Waals surface area contributed by atoms with Crippen molar-refractivity contribution in [3.05, 3.63) is 48.5 Å². The summed E-state index contributed by atoms with van der Waals surface area (Å²) in [4.78, 5) is 14.6. The highest BCUT2D eigenvalue weighted by atomic mass is 127. The van der Waals surface area contributed by atoms with Gasteiger partial charge in [-0.05, 0) is 34.7 Å². The molecule has 1 aromatic carbocycles. The van der Waals surface area contributed by atoms with E-state index in [9.17, 15) is 10.1 Å². The highest BCUT2D eigenvalue weighted by molar-refractivity contribution is 14.1. The molecule has 0 radical (unpaired) electrons. The highest BCUT2D eigenvalue weighted by Crippen LogP contribution is 2.26. The molecule has 88 valence electrons. The van der Waals surface area contributed by atoms with Gasteiger partial charge in [0.15, 0.2) is 0 Å². The second kappa shape index (κ2) is 5.41. The first-order valence-corrected chi connectivity index (χ1v) is 6.74. The zero-order valence-electron chi connectivity index (χ0n) is 8.59. The molecule has 0 aliphatic heterocycles. The second-order valence-electron chi connectivity index (χ2n) is 3.25. The summed E-state index contributed by atoms with van der Waals surface area (Å²) < 4.78 is 0.841. The number of nitrogens with one attached hydrogen (secondary N) is 1. The van der Waals surface area contributed by atoms with Crippen molar-refractivity contribution >= 4 is 45.3 Å². The maximum absolute atomic E-state index is 10.9. The number of hydrogen-bond acceptors (Lipinski definition) is 5. The van der Waals surface area contributed by atoms with E-state index in [1.807, 2.05) is 11.4 Å². The maximum atomic E-state index is 10.9. The van der Waals surface area contributed by atoms with Crippen LogP contribution in [0.4, 0.5) is 11.4 Å². The Morgan fingerprint density at radius 1 is 1.53 bits per heavy atom. The number of nitro benzene ring substituents is 1. The van der Waals surface area contributed by atoms with Gasteiger partial charge in [-0.3, -0.25) is 10.1 Å². The number of thiazole rings is 1. The molecule has 5 nitrogen and oxygen atoms in total. The van der Waals surface area contributed by atoms with Gasteiger partial charge in [-0.2, -0.15) is 0 Å². The van der Waals surface area contributed by atoms with Gasteiger partial charge >= 0.3 is 0 Å². The SMILES string of the molecule is O=[N+]([O-])c1cc(I)ccc1NCc1cscn1. The number of benzene rings is 1. The summed E-state index contributed by atoms with van der Waals surface area (Å²) in [6, 6.07) is 5.09. The number of anilines is 1. The van der Waals surface area contributed by atoms with Gasteiger partial charge in [0.05, 0.1) is 22.7 Å². The number of aromatic nitrogens is 1. The molecule has 0 unspecified atom stereocenters. The van der Waals surface area contributed by atoms with Gasteiger partial charge in [0.2, 0.25) is 0 Å². The molecule has 0 aliphatic carbocycles. The fourth-order valence-corrected chi connectivity index (χ4v) is 2.35. The van der Waals surface area contributed by atoms with Crippen LogP contribution in [0.1, 0.15) is 5.69 Å². The molecule has 0 spiro atoms. The van der Waals surface area contributed by atoms with Gasteiger partial charge in [-0.15, -0.1) is 11.3 Å². The number of nitro groups is 1. The van der Waals surface area contributed by atoms with Crippen LogP contribution in [0.3, 0.4) is 0 Å². The molecule has 0 atom stereocenters. The fourth-order valence-electron chi connectivity index (χ4n) is 1.32. The van der Waals surface area contributed by atoms with E-state index in [-0.39, 0.29) is 10.6 Å². The van der Waals surface area contributed by atoms with Crippen LogP contribution < -0.4 is 5.32 Å². The first-order valence-electron chi connectivity index (χ1n) is 4.71. The lowest BCUT2D eigenvalue weighted by atomic mass is 10.2. The lowest BCUT2D eigenvalue weighted by molar-refractivity contribution is -0.384. The van der Waals surface area contributed by atoms with Crippen LogP contribution in [0.15, 0.2) is 29.1 Å². The smallest absolute Gasteiger partial charge is 0.293 e. The quantitative estimate of drug-likeness (QED) is 0.516. The Hall–Kier alpha value is -1.22. The minimum atomic E-state index is -0.383. The predicted octanol–water partition coefficient (Wildman–Crippen LogP) is 3.27. The molecule has 0 amide bonds. The maximum Gasteiger partial charge on any atom is 0.293 e. The standard InChI is InChI=1S/C10H8IN3O2S/c11-7-1-2-9(10(3-7)14(15)16)12-4-8-5-17-6-13-8/h1-3,5-6,12H,4H2. The van der Waals surface area contributed by atoms with Crippen molar-refractivity contribution in [3.63, 3.8) is 0 Å². The van der Waals surface area contributed by atoms with Crippen molar-refractivity contribution in [2.24, 2.45) is 0 Å². The summed E-state index contributed by atoms with van der Waals surface area (Å²) in [5.41, 5.74) is 3.22. The minimum absolute atomic E-state index is 0.0899. The molecule has 17 heavy (non-hydrogen) atoms. The van der Waals surface area contributed by atoms with Gasteiger partial charge in [-0.1, -0.05) is 0 Å². The van der Waals surface area contributed by atoms with Crippen LogP contribution in [-0.4, -0.2) is 9.91 Å². The van der Waals surface area contributed by atoms with Crippen molar-refractivity contribution in [2.45, 2.75) is 6.54 Å². The Kier molecular flexibility index (Phi) is 3.89. The van der Waals surface area contributed by atoms with Gasteiger partial charge < -0.3 is 5.32 Å². The third-order valence-corrected chi connectivity index (χ3v) is 3.41. The molecular weight excluding hydrogens is 353 g/mol. The Bertz CT molecular complexity index is 530. The molecule has 7 heteroatoms. The van der Waals surface area contributed by atoms with Gasteiger partial charge in [0.1, 0.15) is 5.69 Å². The fraction of sp³-hybridized carbons (Fsp3) is 0.100. The highest BCUT2D eigenvalue weighted by Gasteiger charge is 2.13. The van der Waals surface area contributed by atoms with E-state index in [0.717, 1.165) is 9.26 Å². The molecule has 1 heterocycles. The average molecular weight is 361 g/mol. The van der Waals surface area contributed by atoms with Crippen molar-refractivity contribution in [1.82, 2.24) is 4.98 Å². The summed E-state index contributed by atoms with van der Waals surface area (Å²) in [5.74, 6) is 0. The van der Waals surface area contributed by atoms with Gasteiger partial charge in [0, 0.05) is 15.0 Å². The molecule has 0 aliphatic rings. The molecule has 0 saturated heterocycles. The van der Waals surface area contributed by atoms with E-state index in [0.29, 0.717) is 12.2 Å². The number of rotatable bonds is 4. The van der Waals surface area contributed by atoms with Gasteiger partial charge in [-0.25, -0.2) is 4.98 Å². The molecule has 0 bridgehead atoms. The summed E-state index contributed by atoms with van der Waals surface area (Å²) >= 11 is 3.55. The molecule has 2 rings (SSSR count). The lowest BCUT2D eigenvalue weighted by Gasteiger charge is -2.05. The minimum Gasteiger partial charge on any atom is -0.374 e.